The molecule has 5 rings (SSSR count). The molecule has 0 aliphatic carbocycles. The van der Waals surface area contributed by atoms with Crippen molar-refractivity contribution in [2.24, 2.45) is 0 Å². The zero-order valence-corrected chi connectivity index (χ0v) is 19.3. The SMILES string of the molecule is Cc1nn(C(C)C(=O)Nc2ccccc2Cl)c(=O)c2c(-n3cccc3)n(-c3ccccc3)nc12. The Bertz CT molecular complexity index is 1550. The van der Waals surface area contributed by atoms with Crippen LogP contribution in [0.4, 0.5) is 5.69 Å². The van der Waals surface area contributed by atoms with Crippen LogP contribution in [0.1, 0.15) is 18.7 Å². The molecule has 1 unspecified atom stereocenters. The van der Waals surface area contributed by atoms with Gasteiger partial charge in [0.05, 0.1) is 22.1 Å². The van der Waals surface area contributed by atoms with Crippen LogP contribution in [0.5, 0.6) is 0 Å². The van der Waals surface area contributed by atoms with Gasteiger partial charge >= 0.3 is 0 Å². The molecular weight excluding hydrogens is 452 g/mol. The molecule has 0 radical (unpaired) electrons. The van der Waals surface area contributed by atoms with E-state index < -0.39 is 17.5 Å². The molecule has 0 spiro atoms. The fourth-order valence-electron chi connectivity index (χ4n) is 3.86. The molecule has 2 aromatic carbocycles. The third-order valence-electron chi connectivity index (χ3n) is 5.61. The zero-order chi connectivity index (χ0) is 23.8. The number of hydrogen-bond donors (Lipinski definition) is 1. The van der Waals surface area contributed by atoms with Gasteiger partial charge in [0, 0.05) is 12.4 Å². The van der Waals surface area contributed by atoms with Crippen molar-refractivity contribution in [3.63, 3.8) is 0 Å². The zero-order valence-electron chi connectivity index (χ0n) is 18.5. The van der Waals surface area contributed by atoms with Crippen LogP contribution in [0.15, 0.2) is 83.9 Å². The van der Waals surface area contributed by atoms with Crippen LogP contribution in [0.2, 0.25) is 5.02 Å². The lowest BCUT2D eigenvalue weighted by Crippen LogP contribution is -2.34. The molecule has 0 aliphatic rings. The number of carbonyl (C=O) groups is 1. The Labute approximate surface area is 200 Å². The van der Waals surface area contributed by atoms with E-state index in [9.17, 15) is 9.59 Å². The summed E-state index contributed by atoms with van der Waals surface area (Å²) in [5.41, 5.74) is 1.88. The van der Waals surface area contributed by atoms with E-state index in [1.165, 1.54) is 4.68 Å². The number of rotatable bonds is 5. The van der Waals surface area contributed by atoms with Crippen molar-refractivity contribution in [3.05, 3.63) is 100 Å². The highest BCUT2D eigenvalue weighted by atomic mass is 35.5. The van der Waals surface area contributed by atoms with Gasteiger partial charge in [-0.3, -0.25) is 9.59 Å². The number of carbonyl (C=O) groups excluding carboxylic acids is 1. The number of hydrogen-bond acceptors (Lipinski definition) is 4. The average molecular weight is 473 g/mol. The quantitative estimate of drug-likeness (QED) is 0.407. The number of nitrogens with zero attached hydrogens (tertiary/aromatic N) is 5. The molecule has 3 heterocycles. The maximum Gasteiger partial charge on any atom is 0.280 e. The highest BCUT2D eigenvalue weighted by Gasteiger charge is 2.25. The number of fused-ring (bicyclic) bond motifs is 1. The molecule has 3 aromatic heterocycles. The Balaban J connectivity index is 1.68. The van der Waals surface area contributed by atoms with E-state index in [1.54, 1.807) is 42.8 Å². The minimum absolute atomic E-state index is 0.380. The first-order valence-corrected chi connectivity index (χ1v) is 11.1. The Morgan fingerprint density at radius 3 is 2.35 bits per heavy atom. The van der Waals surface area contributed by atoms with E-state index in [4.69, 9.17) is 16.7 Å². The van der Waals surface area contributed by atoms with Crippen LogP contribution in [-0.2, 0) is 4.79 Å². The van der Waals surface area contributed by atoms with Crippen LogP contribution in [0, 0.1) is 6.92 Å². The number of para-hydroxylation sites is 2. The molecule has 34 heavy (non-hydrogen) atoms. The third kappa shape index (κ3) is 3.68. The van der Waals surface area contributed by atoms with Gasteiger partial charge in [0.2, 0.25) is 5.91 Å². The number of benzene rings is 2. The second kappa shape index (κ2) is 8.64. The molecule has 5 aromatic rings. The van der Waals surface area contributed by atoms with Crippen molar-refractivity contribution in [1.82, 2.24) is 24.1 Å². The summed E-state index contributed by atoms with van der Waals surface area (Å²) in [6, 6.07) is 19.4. The summed E-state index contributed by atoms with van der Waals surface area (Å²) in [6.45, 7) is 3.40. The van der Waals surface area contributed by atoms with Gasteiger partial charge in [0.15, 0.2) is 5.82 Å². The summed E-state index contributed by atoms with van der Waals surface area (Å²) in [5.74, 6) is 0.175. The molecule has 0 aliphatic heterocycles. The fraction of sp³-hybridized carbons (Fsp3) is 0.120. The monoisotopic (exact) mass is 472 g/mol. The van der Waals surface area contributed by atoms with Gasteiger partial charge in [0.25, 0.3) is 5.56 Å². The maximum atomic E-state index is 13.7. The highest BCUT2D eigenvalue weighted by Crippen LogP contribution is 2.26. The highest BCUT2D eigenvalue weighted by molar-refractivity contribution is 6.33. The number of amides is 1. The Morgan fingerprint density at radius 2 is 1.65 bits per heavy atom. The Morgan fingerprint density at radius 1 is 0.971 bits per heavy atom. The van der Waals surface area contributed by atoms with Gasteiger partial charge in [-0.15, -0.1) is 0 Å². The van der Waals surface area contributed by atoms with Crippen LogP contribution in [0.3, 0.4) is 0 Å². The van der Waals surface area contributed by atoms with Crippen molar-refractivity contribution in [3.8, 4) is 11.5 Å². The lowest BCUT2D eigenvalue weighted by Gasteiger charge is -2.15. The number of anilines is 1. The first-order chi connectivity index (χ1) is 16.5. The molecule has 170 valence electrons. The molecular formula is C25H21ClN6O2. The molecule has 0 saturated carbocycles. The predicted octanol–water partition coefficient (Wildman–Crippen LogP) is 4.53. The van der Waals surface area contributed by atoms with Crippen LogP contribution < -0.4 is 10.9 Å². The van der Waals surface area contributed by atoms with E-state index >= 15 is 0 Å². The lowest BCUT2D eigenvalue weighted by molar-refractivity contribution is -0.119. The summed E-state index contributed by atoms with van der Waals surface area (Å²) < 4.78 is 4.76. The molecule has 1 atom stereocenters. The van der Waals surface area contributed by atoms with Crippen molar-refractivity contribution >= 4 is 34.1 Å². The van der Waals surface area contributed by atoms with Gasteiger partial charge in [-0.1, -0.05) is 41.9 Å². The number of aryl methyl sites for hydroxylation is 1. The normalized spacial score (nSPS) is 12.1. The van der Waals surface area contributed by atoms with Gasteiger partial charge in [0.1, 0.15) is 16.9 Å². The molecule has 0 fully saturated rings. The summed E-state index contributed by atoms with van der Waals surface area (Å²) in [7, 11) is 0. The second-order valence-electron chi connectivity index (χ2n) is 7.87. The van der Waals surface area contributed by atoms with Gasteiger partial charge < -0.3 is 9.88 Å². The standard InChI is InChI=1S/C25H21ClN6O2/c1-16-22-21(24(30-14-8-9-15-30)32(29-22)18-10-4-3-5-11-18)25(34)31(28-16)17(2)23(33)27-20-13-7-6-12-19(20)26/h3-15,17H,1-2H3,(H,27,33). The largest absolute Gasteiger partial charge is 0.323 e. The summed E-state index contributed by atoms with van der Waals surface area (Å²) in [4.78, 5) is 26.7. The summed E-state index contributed by atoms with van der Waals surface area (Å²) >= 11 is 6.18. The van der Waals surface area contributed by atoms with E-state index in [1.807, 2.05) is 59.4 Å². The number of halogens is 1. The van der Waals surface area contributed by atoms with E-state index in [0.717, 1.165) is 5.69 Å². The second-order valence-corrected chi connectivity index (χ2v) is 8.27. The third-order valence-corrected chi connectivity index (χ3v) is 5.94. The van der Waals surface area contributed by atoms with E-state index in [-0.39, 0.29) is 0 Å². The topological polar surface area (TPSA) is 86.7 Å². The molecule has 1 N–H and O–H groups in total. The van der Waals surface area contributed by atoms with Crippen molar-refractivity contribution in [2.75, 3.05) is 5.32 Å². The number of nitrogens with one attached hydrogen (secondary N) is 1. The van der Waals surface area contributed by atoms with E-state index in [2.05, 4.69) is 10.4 Å². The lowest BCUT2D eigenvalue weighted by atomic mass is 10.2. The van der Waals surface area contributed by atoms with E-state index in [0.29, 0.717) is 33.1 Å². The number of aromatic nitrogens is 5. The Kier molecular flexibility index (Phi) is 5.51. The molecule has 1 amide bonds. The van der Waals surface area contributed by atoms with Gasteiger partial charge in [-0.25, -0.2) is 9.36 Å². The van der Waals surface area contributed by atoms with Crippen LogP contribution >= 0.6 is 11.6 Å². The van der Waals surface area contributed by atoms with Crippen molar-refractivity contribution in [1.29, 1.82) is 0 Å². The molecule has 9 heteroatoms. The van der Waals surface area contributed by atoms with Crippen LogP contribution in [0.25, 0.3) is 22.4 Å². The van der Waals surface area contributed by atoms with Crippen molar-refractivity contribution < 1.29 is 4.79 Å². The fourth-order valence-corrected chi connectivity index (χ4v) is 4.05. The van der Waals surface area contributed by atoms with Gasteiger partial charge in [-0.05, 0) is 50.2 Å². The molecule has 0 saturated heterocycles. The molecule has 0 bridgehead atoms. The molecule has 8 nitrogen and oxygen atoms in total. The average Bonchev–Trinajstić information content (AvgIpc) is 3.51. The first-order valence-electron chi connectivity index (χ1n) is 10.7. The minimum atomic E-state index is -0.885. The first kappa shape index (κ1) is 21.7. The van der Waals surface area contributed by atoms with Crippen LogP contribution in [-0.4, -0.2) is 30.0 Å². The summed E-state index contributed by atoms with van der Waals surface area (Å²) in [6.07, 6.45) is 3.70. The predicted molar refractivity (Wildman–Crippen MR) is 132 cm³/mol. The minimum Gasteiger partial charge on any atom is -0.323 e. The van der Waals surface area contributed by atoms with Gasteiger partial charge in [-0.2, -0.15) is 10.2 Å². The maximum absolute atomic E-state index is 13.7. The van der Waals surface area contributed by atoms with Crippen molar-refractivity contribution in [2.45, 2.75) is 19.9 Å². The smallest absolute Gasteiger partial charge is 0.280 e. The summed E-state index contributed by atoms with van der Waals surface area (Å²) in [5, 5.41) is 12.7. The Hall–Kier alpha value is -4.17.